The third kappa shape index (κ3) is 5.23. The Hall–Kier alpha value is -2.91. The van der Waals surface area contributed by atoms with Crippen LogP contribution in [0.25, 0.3) is 5.82 Å². The highest BCUT2D eigenvalue weighted by molar-refractivity contribution is 5.95. The molecular weight excluding hydrogens is 411 g/mol. The van der Waals surface area contributed by atoms with Gasteiger partial charge in [0.2, 0.25) is 5.91 Å². The smallest absolute Gasteiger partial charge is 0.370 e. The molecule has 31 heavy (non-hydrogen) atoms. The lowest BCUT2D eigenvalue weighted by Crippen LogP contribution is -2.40. The van der Waals surface area contributed by atoms with Crippen LogP contribution in [0.15, 0.2) is 24.5 Å². The molecule has 1 atom stereocenters. The number of primary amides is 1. The molecule has 2 aromatic heterocycles. The third-order valence-corrected chi connectivity index (χ3v) is 5.48. The minimum Gasteiger partial charge on any atom is -0.370 e. The van der Waals surface area contributed by atoms with E-state index in [1.165, 1.54) is 16.9 Å². The topological polar surface area (TPSA) is 94.1 Å². The molecule has 0 aromatic carbocycles. The Balaban J connectivity index is 1.84. The molecule has 3 heterocycles. The fraction of sp³-hybridized carbons (Fsp3) is 0.524. The number of amides is 2. The predicted octanol–water partition coefficient (Wildman–Crippen LogP) is 3.53. The van der Waals surface area contributed by atoms with Gasteiger partial charge in [0, 0.05) is 25.7 Å². The molecule has 2 aromatic rings. The van der Waals surface area contributed by atoms with Crippen molar-refractivity contribution in [2.45, 2.75) is 51.6 Å². The zero-order valence-corrected chi connectivity index (χ0v) is 17.5. The van der Waals surface area contributed by atoms with E-state index in [0.29, 0.717) is 37.2 Å². The van der Waals surface area contributed by atoms with E-state index in [1.54, 1.807) is 4.90 Å². The SMILES string of the molecule is CC(C)c1c(C(=O)N2CCCC(CCC(N)=O)C2)cnn1-c1ccc(C(F)(F)F)cn1. The molecular formula is C21H26F3N5O2. The lowest BCUT2D eigenvalue weighted by molar-refractivity contribution is -0.137. The van der Waals surface area contributed by atoms with E-state index in [4.69, 9.17) is 5.73 Å². The molecule has 1 aliphatic rings. The first-order chi connectivity index (χ1) is 14.6. The van der Waals surface area contributed by atoms with Crippen LogP contribution < -0.4 is 5.73 Å². The first-order valence-corrected chi connectivity index (χ1v) is 10.3. The van der Waals surface area contributed by atoms with Crippen LogP contribution in [0, 0.1) is 5.92 Å². The number of hydrogen-bond acceptors (Lipinski definition) is 4. The Morgan fingerprint density at radius 1 is 1.26 bits per heavy atom. The molecule has 3 rings (SSSR count). The lowest BCUT2D eigenvalue weighted by Gasteiger charge is -2.33. The van der Waals surface area contributed by atoms with Gasteiger partial charge in [-0.15, -0.1) is 0 Å². The highest BCUT2D eigenvalue weighted by Gasteiger charge is 2.32. The molecule has 7 nitrogen and oxygen atoms in total. The average molecular weight is 437 g/mol. The van der Waals surface area contributed by atoms with Crippen LogP contribution in [0.5, 0.6) is 0 Å². The molecule has 0 bridgehead atoms. The lowest BCUT2D eigenvalue weighted by atomic mass is 9.92. The summed E-state index contributed by atoms with van der Waals surface area (Å²) in [6.45, 7) is 4.92. The number of aromatic nitrogens is 3. The Kier molecular flexibility index (Phi) is 6.66. The van der Waals surface area contributed by atoms with Crippen LogP contribution >= 0.6 is 0 Å². The Morgan fingerprint density at radius 3 is 2.58 bits per heavy atom. The summed E-state index contributed by atoms with van der Waals surface area (Å²) < 4.78 is 39.9. The number of nitrogens with zero attached hydrogens (tertiary/aromatic N) is 4. The molecule has 1 fully saturated rings. The maximum absolute atomic E-state index is 13.3. The number of rotatable bonds is 6. The van der Waals surface area contributed by atoms with Crippen molar-refractivity contribution in [1.82, 2.24) is 19.7 Å². The van der Waals surface area contributed by atoms with Gasteiger partial charge in [0.25, 0.3) is 5.91 Å². The highest BCUT2D eigenvalue weighted by atomic mass is 19.4. The first-order valence-electron chi connectivity index (χ1n) is 10.3. The van der Waals surface area contributed by atoms with Crippen LogP contribution in [-0.4, -0.2) is 44.6 Å². The molecule has 1 saturated heterocycles. The molecule has 0 aliphatic carbocycles. The standard InChI is InChI=1S/C21H26F3N5O2/c1-13(2)19-16(20(31)28-9-3-4-14(12-28)5-7-17(25)30)11-27-29(19)18-8-6-15(10-26-18)21(22,23)24/h6,8,10-11,13-14H,3-5,7,9,12H2,1-2H3,(H2,25,30). The number of carbonyl (C=O) groups excluding carboxylic acids is 2. The van der Waals surface area contributed by atoms with Gasteiger partial charge in [-0.2, -0.15) is 18.3 Å². The molecule has 1 unspecified atom stereocenters. The zero-order valence-electron chi connectivity index (χ0n) is 17.5. The van der Waals surface area contributed by atoms with Gasteiger partial charge in [-0.3, -0.25) is 9.59 Å². The van der Waals surface area contributed by atoms with Crippen molar-refractivity contribution in [3.05, 3.63) is 41.3 Å². The van der Waals surface area contributed by atoms with Crippen molar-refractivity contribution in [3.8, 4) is 5.82 Å². The van der Waals surface area contributed by atoms with Crippen LogP contribution in [0.2, 0.25) is 0 Å². The Labute approximate surface area is 178 Å². The van der Waals surface area contributed by atoms with Gasteiger partial charge in [0.15, 0.2) is 5.82 Å². The molecule has 168 valence electrons. The molecule has 2 amide bonds. The van der Waals surface area contributed by atoms with Crippen molar-refractivity contribution in [1.29, 1.82) is 0 Å². The van der Waals surface area contributed by atoms with Crippen LogP contribution in [0.4, 0.5) is 13.2 Å². The fourth-order valence-electron chi connectivity index (χ4n) is 3.94. The Bertz CT molecular complexity index is 937. The molecule has 10 heteroatoms. The average Bonchev–Trinajstić information content (AvgIpc) is 3.17. The van der Waals surface area contributed by atoms with Gasteiger partial charge in [-0.25, -0.2) is 9.67 Å². The van der Waals surface area contributed by atoms with Gasteiger partial charge >= 0.3 is 6.18 Å². The first kappa shape index (κ1) is 22.8. The molecule has 0 spiro atoms. The number of hydrogen-bond donors (Lipinski definition) is 1. The molecule has 0 radical (unpaired) electrons. The summed E-state index contributed by atoms with van der Waals surface area (Å²) in [4.78, 5) is 30.0. The van der Waals surface area contributed by atoms with Crippen LogP contribution in [0.3, 0.4) is 0 Å². The maximum Gasteiger partial charge on any atom is 0.417 e. The van der Waals surface area contributed by atoms with Crippen LogP contribution in [0.1, 0.15) is 67.1 Å². The second-order valence-corrected chi connectivity index (χ2v) is 8.18. The van der Waals surface area contributed by atoms with E-state index in [9.17, 15) is 22.8 Å². The van der Waals surface area contributed by atoms with E-state index in [1.807, 2.05) is 13.8 Å². The van der Waals surface area contributed by atoms with Crippen molar-refractivity contribution in [3.63, 3.8) is 0 Å². The Morgan fingerprint density at radius 2 is 2.00 bits per heavy atom. The third-order valence-electron chi connectivity index (χ3n) is 5.48. The quantitative estimate of drug-likeness (QED) is 0.748. The summed E-state index contributed by atoms with van der Waals surface area (Å²) in [6, 6.07) is 2.19. The van der Waals surface area contributed by atoms with E-state index in [0.717, 1.165) is 25.1 Å². The van der Waals surface area contributed by atoms with E-state index < -0.39 is 11.7 Å². The summed E-state index contributed by atoms with van der Waals surface area (Å²) in [5, 5.41) is 4.26. The second-order valence-electron chi connectivity index (χ2n) is 8.18. The fourth-order valence-corrected chi connectivity index (χ4v) is 3.94. The number of halogens is 3. The van der Waals surface area contributed by atoms with E-state index in [2.05, 4.69) is 10.1 Å². The van der Waals surface area contributed by atoms with Gasteiger partial charge in [-0.05, 0) is 43.2 Å². The van der Waals surface area contributed by atoms with Gasteiger partial charge in [0.1, 0.15) is 0 Å². The normalized spacial score (nSPS) is 17.2. The number of alkyl halides is 3. The van der Waals surface area contributed by atoms with Crippen molar-refractivity contribution < 1.29 is 22.8 Å². The number of carbonyl (C=O) groups is 2. The van der Waals surface area contributed by atoms with Crippen molar-refractivity contribution in [2.24, 2.45) is 11.7 Å². The van der Waals surface area contributed by atoms with Gasteiger partial charge < -0.3 is 10.6 Å². The molecule has 0 saturated carbocycles. The van der Waals surface area contributed by atoms with Crippen LogP contribution in [-0.2, 0) is 11.0 Å². The monoisotopic (exact) mass is 437 g/mol. The van der Waals surface area contributed by atoms with Gasteiger partial charge in [-0.1, -0.05) is 13.8 Å². The largest absolute Gasteiger partial charge is 0.417 e. The highest BCUT2D eigenvalue weighted by Crippen LogP contribution is 2.30. The second kappa shape index (κ2) is 9.07. The minimum absolute atomic E-state index is 0.110. The number of likely N-dealkylation sites (tertiary alicyclic amines) is 1. The van der Waals surface area contributed by atoms with E-state index in [-0.39, 0.29) is 29.5 Å². The van der Waals surface area contributed by atoms with Crippen molar-refractivity contribution in [2.75, 3.05) is 13.1 Å². The number of piperidine rings is 1. The molecule has 1 aliphatic heterocycles. The summed E-state index contributed by atoms with van der Waals surface area (Å²) in [5.74, 6) is -0.212. The van der Waals surface area contributed by atoms with E-state index >= 15 is 0 Å². The minimum atomic E-state index is -4.48. The maximum atomic E-state index is 13.3. The predicted molar refractivity (Wildman–Crippen MR) is 108 cm³/mol. The van der Waals surface area contributed by atoms with Gasteiger partial charge in [0.05, 0.1) is 23.0 Å². The number of pyridine rings is 1. The summed E-state index contributed by atoms with van der Waals surface area (Å²) in [7, 11) is 0. The summed E-state index contributed by atoms with van der Waals surface area (Å²) in [6.07, 6.45) is 0.438. The zero-order chi connectivity index (χ0) is 22.8. The summed E-state index contributed by atoms with van der Waals surface area (Å²) in [5.41, 5.74) is 5.40. The molecule has 2 N–H and O–H groups in total. The van der Waals surface area contributed by atoms with Crippen molar-refractivity contribution >= 4 is 11.8 Å². The summed E-state index contributed by atoms with van der Waals surface area (Å²) >= 11 is 0. The number of nitrogens with two attached hydrogens (primary N) is 1.